The van der Waals surface area contributed by atoms with Crippen LogP contribution in [0.25, 0.3) is 0 Å². The SMILES string of the molecule is COc1c([C@H]2[C@H](C(=O)Nc3ccc([C@H]4COC(C)(C)O4)nc3)O[C@@](C)(C(F)(F)F)[C@H]2C)ccc(F)c1C. The second kappa shape index (κ2) is 9.52. The highest BCUT2D eigenvalue weighted by Gasteiger charge is 2.65. The van der Waals surface area contributed by atoms with Crippen molar-refractivity contribution in [1.29, 1.82) is 0 Å². The number of nitrogens with zero attached hydrogens (tertiary/aromatic N) is 1. The van der Waals surface area contributed by atoms with E-state index < -0.39 is 47.2 Å². The fraction of sp³-hybridized carbons (Fsp3) is 0.538. The van der Waals surface area contributed by atoms with Crippen LogP contribution in [0, 0.1) is 18.7 Å². The number of halogens is 4. The zero-order valence-corrected chi connectivity index (χ0v) is 21.4. The predicted molar refractivity (Wildman–Crippen MR) is 126 cm³/mol. The molecule has 0 aliphatic carbocycles. The lowest BCUT2D eigenvalue weighted by Crippen LogP contribution is -2.47. The summed E-state index contributed by atoms with van der Waals surface area (Å²) in [6.07, 6.45) is -5.29. The van der Waals surface area contributed by atoms with Gasteiger partial charge in [-0.05, 0) is 45.9 Å². The van der Waals surface area contributed by atoms with Gasteiger partial charge in [-0.15, -0.1) is 0 Å². The highest BCUT2D eigenvalue weighted by Crippen LogP contribution is 2.55. The van der Waals surface area contributed by atoms with Crippen molar-refractivity contribution in [3.8, 4) is 5.75 Å². The number of benzene rings is 1. The first-order valence-corrected chi connectivity index (χ1v) is 11.8. The van der Waals surface area contributed by atoms with Gasteiger partial charge in [-0.2, -0.15) is 13.2 Å². The number of carbonyl (C=O) groups excluding carboxylic acids is 1. The van der Waals surface area contributed by atoms with E-state index in [4.69, 9.17) is 18.9 Å². The molecule has 37 heavy (non-hydrogen) atoms. The second-order valence-corrected chi connectivity index (χ2v) is 10.0. The number of methoxy groups -OCH3 is 1. The van der Waals surface area contributed by atoms with Gasteiger partial charge >= 0.3 is 6.18 Å². The Labute approximate surface area is 212 Å². The minimum absolute atomic E-state index is 0.0809. The molecule has 0 bridgehead atoms. The second-order valence-electron chi connectivity index (χ2n) is 10.0. The Bertz CT molecular complexity index is 1170. The van der Waals surface area contributed by atoms with E-state index in [0.717, 1.165) is 13.0 Å². The Morgan fingerprint density at radius 2 is 1.86 bits per heavy atom. The third-order valence-electron chi connectivity index (χ3n) is 7.25. The molecule has 1 N–H and O–H groups in total. The summed E-state index contributed by atoms with van der Waals surface area (Å²) in [6.45, 7) is 7.63. The Morgan fingerprint density at radius 1 is 1.16 bits per heavy atom. The van der Waals surface area contributed by atoms with Crippen molar-refractivity contribution in [3.63, 3.8) is 0 Å². The van der Waals surface area contributed by atoms with Crippen molar-refractivity contribution in [2.45, 2.75) is 70.3 Å². The van der Waals surface area contributed by atoms with Gasteiger partial charge in [0.25, 0.3) is 5.91 Å². The van der Waals surface area contributed by atoms with E-state index in [1.165, 1.54) is 33.2 Å². The average molecular weight is 527 g/mol. The Hall–Kier alpha value is -2.76. The molecule has 1 aromatic carbocycles. The largest absolute Gasteiger partial charge is 0.496 e. The van der Waals surface area contributed by atoms with Crippen LogP contribution >= 0.6 is 0 Å². The molecule has 4 rings (SSSR count). The molecule has 1 amide bonds. The standard InChI is InChI=1S/C26H30F4N2O5/c1-13-17(27)9-8-16(21(13)34-6)20-14(2)25(5,26(28,29)30)37-22(20)23(33)32-15-7-10-18(31-11-15)19-12-35-24(3,4)36-19/h7-11,14,19-20,22H,12H2,1-6H3,(H,32,33)/t14-,19+,20-,22+,25+/m0/s1. The topological polar surface area (TPSA) is 78.9 Å². The van der Waals surface area contributed by atoms with Gasteiger partial charge in [0.1, 0.15) is 23.8 Å². The van der Waals surface area contributed by atoms with Crippen LogP contribution in [0.1, 0.15) is 56.5 Å². The molecule has 0 saturated carbocycles. The summed E-state index contributed by atoms with van der Waals surface area (Å²) >= 11 is 0. The van der Waals surface area contributed by atoms with Gasteiger partial charge in [-0.1, -0.05) is 13.0 Å². The molecule has 11 heteroatoms. The fourth-order valence-corrected chi connectivity index (χ4v) is 4.96. The highest BCUT2D eigenvalue weighted by atomic mass is 19.4. The number of aromatic nitrogens is 1. The lowest BCUT2D eigenvalue weighted by atomic mass is 9.76. The van der Waals surface area contributed by atoms with Crippen LogP contribution < -0.4 is 10.1 Å². The summed E-state index contributed by atoms with van der Waals surface area (Å²) in [4.78, 5) is 17.7. The minimum atomic E-state index is -4.76. The Morgan fingerprint density at radius 3 is 2.41 bits per heavy atom. The Kier molecular flexibility index (Phi) is 7.02. The molecule has 1 aromatic heterocycles. The van der Waals surface area contributed by atoms with Gasteiger partial charge in [-0.25, -0.2) is 4.39 Å². The van der Waals surface area contributed by atoms with Gasteiger partial charge in [0.15, 0.2) is 11.4 Å². The van der Waals surface area contributed by atoms with Crippen molar-refractivity contribution < 1.29 is 41.3 Å². The molecule has 0 radical (unpaired) electrons. The first kappa shape index (κ1) is 27.3. The third kappa shape index (κ3) is 4.92. The first-order chi connectivity index (χ1) is 17.2. The zero-order valence-electron chi connectivity index (χ0n) is 21.4. The number of amides is 1. The fourth-order valence-electron chi connectivity index (χ4n) is 4.96. The number of rotatable bonds is 5. The highest BCUT2D eigenvalue weighted by molar-refractivity contribution is 5.95. The van der Waals surface area contributed by atoms with Crippen molar-refractivity contribution in [2.24, 2.45) is 5.92 Å². The maximum atomic E-state index is 14.2. The van der Waals surface area contributed by atoms with Crippen LogP contribution in [0.2, 0.25) is 0 Å². The van der Waals surface area contributed by atoms with Crippen molar-refractivity contribution in [1.82, 2.24) is 4.98 Å². The van der Waals surface area contributed by atoms with Crippen LogP contribution in [0.3, 0.4) is 0 Å². The summed E-state index contributed by atoms with van der Waals surface area (Å²) in [5.74, 6) is -4.28. The molecule has 202 valence electrons. The molecule has 2 fully saturated rings. The maximum Gasteiger partial charge on any atom is 0.417 e. The van der Waals surface area contributed by atoms with Crippen LogP contribution in [0.15, 0.2) is 30.5 Å². The van der Waals surface area contributed by atoms with Gasteiger partial charge < -0.3 is 24.3 Å². The Balaban J connectivity index is 1.64. The smallest absolute Gasteiger partial charge is 0.417 e. The van der Waals surface area contributed by atoms with Crippen molar-refractivity contribution >= 4 is 11.6 Å². The molecular formula is C26H30F4N2O5. The molecule has 0 unspecified atom stereocenters. The van der Waals surface area contributed by atoms with E-state index in [0.29, 0.717) is 12.3 Å². The summed E-state index contributed by atoms with van der Waals surface area (Å²) in [5.41, 5.74) is -1.38. The molecule has 2 aromatic rings. The van der Waals surface area contributed by atoms with Gasteiger partial charge in [0.05, 0.1) is 31.3 Å². The number of pyridine rings is 1. The number of hydrogen-bond acceptors (Lipinski definition) is 6. The number of alkyl halides is 3. The third-order valence-corrected chi connectivity index (χ3v) is 7.25. The molecule has 2 aliphatic heterocycles. The van der Waals surface area contributed by atoms with Crippen molar-refractivity contribution in [2.75, 3.05) is 19.0 Å². The average Bonchev–Trinajstić information content (AvgIpc) is 3.33. The molecule has 0 spiro atoms. The summed E-state index contributed by atoms with van der Waals surface area (Å²) in [7, 11) is 1.30. The van der Waals surface area contributed by atoms with E-state index in [1.807, 2.05) is 0 Å². The number of nitrogens with one attached hydrogen (secondary N) is 1. The summed E-state index contributed by atoms with van der Waals surface area (Å²) in [5, 5.41) is 2.61. The molecule has 5 atom stereocenters. The molecule has 2 saturated heterocycles. The maximum absolute atomic E-state index is 14.2. The lowest BCUT2D eigenvalue weighted by molar-refractivity contribution is -0.272. The van der Waals surface area contributed by atoms with Crippen LogP contribution in [0.4, 0.5) is 23.2 Å². The number of hydrogen-bond donors (Lipinski definition) is 1. The van der Waals surface area contributed by atoms with Gasteiger partial charge in [0, 0.05) is 23.0 Å². The zero-order chi connectivity index (χ0) is 27.3. The van der Waals surface area contributed by atoms with Crippen LogP contribution in [0.5, 0.6) is 5.75 Å². The van der Waals surface area contributed by atoms with E-state index in [-0.39, 0.29) is 28.7 Å². The molecule has 3 heterocycles. The van der Waals surface area contributed by atoms with E-state index in [9.17, 15) is 22.4 Å². The van der Waals surface area contributed by atoms with E-state index in [2.05, 4.69) is 10.3 Å². The molecular weight excluding hydrogens is 496 g/mol. The van der Waals surface area contributed by atoms with E-state index >= 15 is 0 Å². The monoisotopic (exact) mass is 526 g/mol. The number of ether oxygens (including phenoxy) is 4. The van der Waals surface area contributed by atoms with Crippen LogP contribution in [-0.4, -0.2) is 48.3 Å². The predicted octanol–water partition coefficient (Wildman–Crippen LogP) is 5.44. The van der Waals surface area contributed by atoms with E-state index in [1.54, 1.807) is 26.0 Å². The van der Waals surface area contributed by atoms with Gasteiger partial charge in [0.2, 0.25) is 0 Å². The van der Waals surface area contributed by atoms with Crippen molar-refractivity contribution in [3.05, 3.63) is 53.1 Å². The van der Waals surface area contributed by atoms with Gasteiger partial charge in [-0.3, -0.25) is 9.78 Å². The number of anilines is 1. The number of carbonyl (C=O) groups is 1. The minimum Gasteiger partial charge on any atom is -0.496 e. The molecule has 7 nitrogen and oxygen atoms in total. The molecule has 2 aliphatic rings. The summed E-state index contributed by atoms with van der Waals surface area (Å²) in [6, 6.07) is 5.72. The van der Waals surface area contributed by atoms with Crippen LogP contribution in [-0.2, 0) is 19.0 Å². The summed E-state index contributed by atoms with van der Waals surface area (Å²) < 4.78 is 78.8. The normalized spacial score (nSPS) is 29.4. The quantitative estimate of drug-likeness (QED) is 0.523. The first-order valence-electron chi connectivity index (χ1n) is 11.8. The lowest BCUT2D eigenvalue weighted by Gasteiger charge is -2.32.